The molecule has 0 fully saturated rings. The molecule has 2 heterocycles. The van der Waals surface area contributed by atoms with Gasteiger partial charge in [-0.2, -0.15) is 10.2 Å². The number of carboxylic acids is 1. The highest BCUT2D eigenvalue weighted by atomic mass is 16.4. The third kappa shape index (κ3) is 4.94. The number of hydrogen-bond donors (Lipinski definition) is 2. The zero-order chi connectivity index (χ0) is 16.8. The van der Waals surface area contributed by atoms with Gasteiger partial charge in [-0.1, -0.05) is 0 Å². The van der Waals surface area contributed by atoms with Crippen molar-refractivity contribution in [2.75, 3.05) is 6.54 Å². The molecule has 0 atom stereocenters. The van der Waals surface area contributed by atoms with E-state index in [4.69, 9.17) is 5.11 Å². The second kappa shape index (κ2) is 7.57. The van der Waals surface area contributed by atoms with Gasteiger partial charge in [0.2, 0.25) is 5.91 Å². The van der Waals surface area contributed by atoms with Crippen LogP contribution in [0.1, 0.15) is 34.7 Å². The molecule has 2 N–H and O–H groups in total. The first kappa shape index (κ1) is 16.7. The molecule has 0 bridgehead atoms. The van der Waals surface area contributed by atoms with Crippen molar-refractivity contribution in [2.24, 2.45) is 0 Å². The molecule has 1 amide bonds. The molecule has 124 valence electrons. The summed E-state index contributed by atoms with van der Waals surface area (Å²) >= 11 is 0. The molecule has 8 nitrogen and oxygen atoms in total. The Bertz CT molecular complexity index is 689. The summed E-state index contributed by atoms with van der Waals surface area (Å²) in [5, 5.41) is 19.8. The number of carbonyl (C=O) groups is 2. The van der Waals surface area contributed by atoms with Crippen molar-refractivity contribution in [3.05, 3.63) is 35.4 Å². The summed E-state index contributed by atoms with van der Waals surface area (Å²) in [6, 6.07) is 3.43. The molecule has 2 rings (SSSR count). The molecule has 2 aromatic rings. The lowest BCUT2D eigenvalue weighted by Crippen LogP contribution is -2.26. The van der Waals surface area contributed by atoms with Crippen LogP contribution < -0.4 is 5.32 Å². The third-order valence-electron chi connectivity index (χ3n) is 3.40. The second-order valence-corrected chi connectivity index (χ2v) is 5.37. The van der Waals surface area contributed by atoms with Crippen LogP contribution in [0.3, 0.4) is 0 Å². The van der Waals surface area contributed by atoms with Gasteiger partial charge in [0.15, 0.2) is 5.69 Å². The Morgan fingerprint density at radius 2 is 2.04 bits per heavy atom. The summed E-state index contributed by atoms with van der Waals surface area (Å²) in [4.78, 5) is 22.5. The van der Waals surface area contributed by atoms with Crippen LogP contribution in [0.5, 0.6) is 0 Å². The van der Waals surface area contributed by atoms with Crippen LogP contribution in [0.4, 0.5) is 0 Å². The van der Waals surface area contributed by atoms with E-state index in [2.05, 4.69) is 15.5 Å². The van der Waals surface area contributed by atoms with Crippen molar-refractivity contribution < 1.29 is 14.7 Å². The fraction of sp³-hybridized carbons (Fsp3) is 0.467. The minimum atomic E-state index is -1.07. The van der Waals surface area contributed by atoms with Gasteiger partial charge in [-0.05, 0) is 32.4 Å². The van der Waals surface area contributed by atoms with Crippen LogP contribution in [0.2, 0.25) is 0 Å². The minimum absolute atomic E-state index is 0.0182. The predicted octanol–water partition coefficient (Wildman–Crippen LogP) is 0.991. The average molecular weight is 319 g/mol. The van der Waals surface area contributed by atoms with Crippen molar-refractivity contribution >= 4 is 11.9 Å². The summed E-state index contributed by atoms with van der Waals surface area (Å²) in [5.74, 6) is -1.15. The predicted molar refractivity (Wildman–Crippen MR) is 83.1 cm³/mol. The number of carbonyl (C=O) groups excluding carboxylic acids is 1. The maximum absolute atomic E-state index is 11.7. The summed E-state index contributed by atoms with van der Waals surface area (Å²) in [7, 11) is 0. The molecule has 0 saturated heterocycles. The zero-order valence-corrected chi connectivity index (χ0v) is 13.3. The fourth-order valence-corrected chi connectivity index (χ4v) is 2.26. The topological polar surface area (TPSA) is 102 Å². The Labute approximate surface area is 134 Å². The molecule has 23 heavy (non-hydrogen) atoms. The number of aryl methyl sites for hydroxylation is 4. The van der Waals surface area contributed by atoms with Gasteiger partial charge in [-0.3, -0.25) is 14.2 Å². The summed E-state index contributed by atoms with van der Waals surface area (Å²) < 4.78 is 3.39. The lowest BCUT2D eigenvalue weighted by Gasteiger charge is -2.07. The quantitative estimate of drug-likeness (QED) is 0.707. The molecular formula is C15H21N5O3. The zero-order valence-electron chi connectivity index (χ0n) is 13.3. The Morgan fingerprint density at radius 1 is 1.26 bits per heavy atom. The molecule has 2 aromatic heterocycles. The smallest absolute Gasteiger partial charge is 0.356 e. The monoisotopic (exact) mass is 319 g/mol. The summed E-state index contributed by atoms with van der Waals surface area (Å²) in [6.07, 6.45) is 2.62. The van der Waals surface area contributed by atoms with Crippen molar-refractivity contribution in [1.82, 2.24) is 24.9 Å². The normalized spacial score (nSPS) is 10.7. The maximum atomic E-state index is 11.7. The SMILES string of the molecule is Cc1cc(C)n(CCCNC(=O)CCn2ccc(C(=O)O)n2)n1. The van der Waals surface area contributed by atoms with Gasteiger partial charge in [0.25, 0.3) is 0 Å². The molecule has 0 unspecified atom stereocenters. The molecule has 0 aromatic carbocycles. The second-order valence-electron chi connectivity index (χ2n) is 5.37. The molecule has 0 aliphatic carbocycles. The molecule has 0 aliphatic heterocycles. The number of aromatic carboxylic acids is 1. The minimum Gasteiger partial charge on any atom is -0.476 e. The van der Waals surface area contributed by atoms with Gasteiger partial charge >= 0.3 is 5.97 Å². The highest BCUT2D eigenvalue weighted by Crippen LogP contribution is 2.02. The van der Waals surface area contributed by atoms with E-state index in [0.29, 0.717) is 13.1 Å². The molecule has 0 aliphatic rings. The number of amides is 1. The van der Waals surface area contributed by atoms with Crippen molar-refractivity contribution in [3.63, 3.8) is 0 Å². The van der Waals surface area contributed by atoms with E-state index in [9.17, 15) is 9.59 Å². The van der Waals surface area contributed by atoms with E-state index in [-0.39, 0.29) is 18.0 Å². The number of nitrogens with one attached hydrogen (secondary N) is 1. The first-order valence-corrected chi connectivity index (χ1v) is 7.50. The third-order valence-corrected chi connectivity index (χ3v) is 3.40. The number of carboxylic acid groups (broad SMARTS) is 1. The van der Waals surface area contributed by atoms with Gasteiger partial charge in [-0.15, -0.1) is 0 Å². The van der Waals surface area contributed by atoms with E-state index in [0.717, 1.165) is 24.4 Å². The lowest BCUT2D eigenvalue weighted by atomic mass is 10.3. The van der Waals surface area contributed by atoms with E-state index in [1.54, 1.807) is 6.20 Å². The Hall–Kier alpha value is -2.64. The number of hydrogen-bond acceptors (Lipinski definition) is 4. The van der Waals surface area contributed by atoms with Crippen LogP contribution in [0.25, 0.3) is 0 Å². The van der Waals surface area contributed by atoms with Crippen LogP contribution in [0, 0.1) is 13.8 Å². The van der Waals surface area contributed by atoms with E-state index in [1.165, 1.54) is 10.7 Å². The van der Waals surface area contributed by atoms with Gasteiger partial charge < -0.3 is 10.4 Å². The van der Waals surface area contributed by atoms with Gasteiger partial charge in [0, 0.05) is 37.9 Å². The highest BCUT2D eigenvalue weighted by molar-refractivity contribution is 5.85. The Balaban J connectivity index is 1.65. The maximum Gasteiger partial charge on any atom is 0.356 e. The molecule has 0 saturated carbocycles. The number of rotatable bonds is 8. The van der Waals surface area contributed by atoms with Crippen molar-refractivity contribution in [2.45, 2.75) is 39.8 Å². The lowest BCUT2D eigenvalue weighted by molar-refractivity contribution is -0.121. The Morgan fingerprint density at radius 3 is 2.65 bits per heavy atom. The molecule has 0 spiro atoms. The van der Waals surface area contributed by atoms with Crippen molar-refractivity contribution in [3.8, 4) is 0 Å². The van der Waals surface area contributed by atoms with Crippen LogP contribution in [-0.2, 0) is 17.9 Å². The standard InChI is InChI=1S/C15H21N5O3/c1-11-10-12(2)20(17-11)7-3-6-16-14(21)5-9-19-8-4-13(18-19)15(22)23/h4,8,10H,3,5-7,9H2,1-2H3,(H,16,21)(H,22,23). The summed E-state index contributed by atoms with van der Waals surface area (Å²) in [5.41, 5.74) is 2.09. The van der Waals surface area contributed by atoms with Gasteiger partial charge in [0.1, 0.15) is 0 Å². The highest BCUT2D eigenvalue weighted by Gasteiger charge is 2.08. The molecule has 8 heteroatoms. The number of nitrogens with zero attached hydrogens (tertiary/aromatic N) is 4. The fourth-order valence-electron chi connectivity index (χ4n) is 2.26. The van der Waals surface area contributed by atoms with Gasteiger partial charge in [-0.25, -0.2) is 4.79 Å². The van der Waals surface area contributed by atoms with E-state index in [1.807, 2.05) is 24.6 Å². The molecule has 0 radical (unpaired) electrons. The van der Waals surface area contributed by atoms with Crippen molar-refractivity contribution in [1.29, 1.82) is 0 Å². The van der Waals surface area contributed by atoms with Crippen LogP contribution >= 0.6 is 0 Å². The average Bonchev–Trinajstić information content (AvgIpc) is 3.08. The first-order chi connectivity index (χ1) is 11.0. The van der Waals surface area contributed by atoms with E-state index < -0.39 is 5.97 Å². The van der Waals surface area contributed by atoms with E-state index >= 15 is 0 Å². The van der Waals surface area contributed by atoms with Gasteiger partial charge in [0.05, 0.1) is 5.69 Å². The largest absolute Gasteiger partial charge is 0.476 e. The first-order valence-electron chi connectivity index (χ1n) is 7.50. The summed E-state index contributed by atoms with van der Waals surface area (Å²) in [6.45, 7) is 5.67. The van der Waals surface area contributed by atoms with Crippen LogP contribution in [-0.4, -0.2) is 43.1 Å². The number of aromatic nitrogens is 4. The Kier molecular flexibility index (Phi) is 5.51. The van der Waals surface area contributed by atoms with Crippen LogP contribution in [0.15, 0.2) is 18.3 Å². The molecular weight excluding hydrogens is 298 g/mol.